The molecule has 0 aliphatic carbocycles. The number of nitriles is 1. The zero-order valence-corrected chi connectivity index (χ0v) is 47.2. The van der Waals surface area contributed by atoms with Crippen LogP contribution in [0.2, 0.25) is 18.1 Å². The third kappa shape index (κ3) is 14.4. The smallest absolute Gasteiger partial charge is 0.472 e. The Balaban J connectivity index is 1.30. The second kappa shape index (κ2) is 26.6. The zero-order chi connectivity index (χ0) is 57.0. The molecule has 3 fully saturated rings. The summed E-state index contributed by atoms with van der Waals surface area (Å²) in [6.45, 7) is 28.2. The lowest BCUT2D eigenvalue weighted by molar-refractivity contribution is -0.0699. The van der Waals surface area contributed by atoms with E-state index in [1.54, 1.807) is 6.92 Å². The highest BCUT2D eigenvalue weighted by atomic mass is 31.2. The first-order valence-electron chi connectivity index (χ1n) is 24.6. The van der Waals surface area contributed by atoms with E-state index < -0.39 is 97.2 Å². The van der Waals surface area contributed by atoms with Gasteiger partial charge in [-0.15, -0.1) is 6.58 Å². The van der Waals surface area contributed by atoms with E-state index in [1.165, 1.54) is 52.2 Å². The molecule has 0 bridgehead atoms. The van der Waals surface area contributed by atoms with Crippen LogP contribution >= 0.6 is 15.6 Å². The summed E-state index contributed by atoms with van der Waals surface area (Å²) in [5.41, 5.74) is 3.13. The third-order valence-electron chi connectivity index (χ3n) is 12.3. The van der Waals surface area contributed by atoms with Gasteiger partial charge in [-0.3, -0.25) is 41.6 Å². The van der Waals surface area contributed by atoms with Gasteiger partial charge < -0.3 is 37.7 Å². The molecule has 0 radical (unpaired) electrons. The van der Waals surface area contributed by atoms with Crippen LogP contribution in [0.3, 0.4) is 0 Å². The van der Waals surface area contributed by atoms with Crippen molar-refractivity contribution in [3.63, 3.8) is 0 Å². The third-order valence-corrected chi connectivity index (χ3v) is 19.7. The summed E-state index contributed by atoms with van der Waals surface area (Å²) >= 11 is 0. The molecule has 426 valence electrons. The number of phosphoric ester groups is 2. The molecule has 0 aromatic carbocycles. The van der Waals surface area contributed by atoms with Crippen molar-refractivity contribution in [3.05, 3.63) is 75.9 Å². The first-order chi connectivity index (χ1) is 37.8. The van der Waals surface area contributed by atoms with Gasteiger partial charge in [0.15, 0.2) is 49.1 Å². The number of fused-ring (bicyclic) bond motifs is 4. The molecule has 2 N–H and O–H groups in total. The van der Waals surface area contributed by atoms with Crippen LogP contribution in [-0.4, -0.2) is 137 Å². The molecule has 3 aliphatic heterocycles. The van der Waals surface area contributed by atoms with Crippen LogP contribution in [0.5, 0.6) is 11.8 Å². The maximum atomic E-state index is 15.4. The molecule has 7 rings (SSSR count). The average Bonchev–Trinajstić information content (AvgIpc) is 4.41. The number of nitrogens with zero attached hydrogens (tertiary/aromatic N) is 9. The van der Waals surface area contributed by atoms with Gasteiger partial charge in [0.25, 0.3) is 5.95 Å². The Morgan fingerprint density at radius 2 is 1.34 bits per heavy atom. The van der Waals surface area contributed by atoms with Crippen LogP contribution in [0.1, 0.15) is 46.6 Å². The number of anilines is 2. The van der Waals surface area contributed by atoms with Gasteiger partial charge in [0, 0.05) is 5.92 Å². The molecule has 0 saturated carbocycles. The maximum Gasteiger partial charge on any atom is 0.475 e. The molecule has 3 saturated heterocycles. The lowest BCUT2D eigenvalue weighted by Gasteiger charge is -2.41. The lowest BCUT2D eigenvalue weighted by atomic mass is 10.0. The molecule has 31 heteroatoms. The summed E-state index contributed by atoms with van der Waals surface area (Å²) < 4.78 is 113. The van der Waals surface area contributed by atoms with Crippen molar-refractivity contribution in [2.75, 3.05) is 63.7 Å². The van der Waals surface area contributed by atoms with Gasteiger partial charge in [0.1, 0.15) is 63.2 Å². The summed E-state index contributed by atoms with van der Waals surface area (Å²) in [6, 6.07) is 1.96. The van der Waals surface area contributed by atoms with Crippen LogP contribution in [0.4, 0.5) is 16.7 Å². The van der Waals surface area contributed by atoms with Crippen molar-refractivity contribution in [1.82, 2.24) is 39.0 Å². The van der Waals surface area contributed by atoms with Crippen LogP contribution < -0.4 is 20.3 Å². The SMILES string of the molecule is C=CCOC#CONc1nc(OCC=C)c2ncn([C@@H]3O[C@@H]4COP(=O)(OCCC#N)OC5[C@@H](COP(=O)(OCC=C)O[C@@H]4C3O[Si](C)(C)C(C)(C)C)O[C@@H](n3cnc4c(OCC=C)nc(NC(=O)OCC=C)nc43)[C@H]5C)c2n1. The second-order valence-corrected chi connectivity index (χ2v) is 26.9. The van der Waals surface area contributed by atoms with E-state index in [1.807, 2.05) is 39.9 Å². The number of phosphoric acid groups is 2. The first kappa shape index (κ1) is 60.1. The molecule has 4 aromatic heterocycles. The average molecular weight is 1160 g/mol. The Kier molecular flexibility index (Phi) is 20.2. The first-order valence-corrected chi connectivity index (χ1v) is 30.4. The number of carbonyl (C=O) groups excluding carboxylic acids is 1. The van der Waals surface area contributed by atoms with Crippen molar-refractivity contribution in [3.8, 4) is 30.0 Å². The Hall–Kier alpha value is -6.56. The van der Waals surface area contributed by atoms with E-state index in [9.17, 15) is 10.1 Å². The molecular formula is C48H63N11O17P2Si. The number of hydrogen-bond donors (Lipinski definition) is 2. The molecule has 0 spiro atoms. The van der Waals surface area contributed by atoms with Crippen molar-refractivity contribution in [2.45, 2.75) is 95.2 Å². The van der Waals surface area contributed by atoms with Crippen molar-refractivity contribution in [1.29, 1.82) is 5.26 Å². The monoisotopic (exact) mass is 1160 g/mol. The highest BCUT2D eigenvalue weighted by molar-refractivity contribution is 7.48. The number of aromatic nitrogens is 8. The van der Waals surface area contributed by atoms with Gasteiger partial charge in [-0.2, -0.15) is 30.7 Å². The van der Waals surface area contributed by atoms with Crippen LogP contribution in [0.25, 0.3) is 22.3 Å². The van der Waals surface area contributed by atoms with Gasteiger partial charge in [0.2, 0.25) is 17.7 Å². The Bertz CT molecular complexity index is 3060. The molecule has 1 amide bonds. The van der Waals surface area contributed by atoms with Gasteiger partial charge in [-0.25, -0.2) is 23.9 Å². The predicted molar refractivity (Wildman–Crippen MR) is 284 cm³/mol. The minimum atomic E-state index is -4.79. The fourth-order valence-corrected chi connectivity index (χ4v) is 11.8. The normalized spacial score (nSPS) is 26.1. The Morgan fingerprint density at radius 1 is 0.785 bits per heavy atom. The number of amides is 1. The molecule has 3 aliphatic rings. The van der Waals surface area contributed by atoms with Crippen molar-refractivity contribution in [2.24, 2.45) is 5.92 Å². The second-order valence-electron chi connectivity index (χ2n) is 18.9. The van der Waals surface area contributed by atoms with Gasteiger partial charge in [0.05, 0.1) is 51.6 Å². The quantitative estimate of drug-likeness (QED) is 0.0177. The summed E-state index contributed by atoms with van der Waals surface area (Å²) in [6.07, 6.45) is 4.83. The van der Waals surface area contributed by atoms with Crippen molar-refractivity contribution < 1.29 is 78.8 Å². The summed E-state index contributed by atoms with van der Waals surface area (Å²) in [5, 5.41) is 11.6. The summed E-state index contributed by atoms with van der Waals surface area (Å²) in [4.78, 5) is 44.9. The lowest BCUT2D eigenvalue weighted by Crippen LogP contribution is -2.49. The van der Waals surface area contributed by atoms with E-state index in [2.05, 4.69) is 85.8 Å². The number of hydrogen-bond acceptors (Lipinski definition) is 25. The Morgan fingerprint density at radius 3 is 1.95 bits per heavy atom. The minimum Gasteiger partial charge on any atom is -0.472 e. The molecule has 7 heterocycles. The van der Waals surface area contributed by atoms with Gasteiger partial charge >= 0.3 is 21.7 Å². The number of imidazole rings is 2. The number of carbonyl (C=O) groups is 1. The van der Waals surface area contributed by atoms with Gasteiger partial charge in [-0.1, -0.05) is 84.4 Å². The molecule has 79 heavy (non-hydrogen) atoms. The predicted octanol–water partition coefficient (Wildman–Crippen LogP) is 7.98. The van der Waals surface area contributed by atoms with Gasteiger partial charge in [-0.05, 0) is 18.1 Å². The van der Waals surface area contributed by atoms with Crippen molar-refractivity contribution >= 4 is 64.3 Å². The van der Waals surface area contributed by atoms with E-state index in [-0.39, 0.29) is 92.0 Å². The fourth-order valence-electron chi connectivity index (χ4n) is 7.72. The molecule has 4 unspecified atom stereocenters. The van der Waals surface area contributed by atoms with E-state index in [0.29, 0.717) is 0 Å². The topological polar surface area (TPSA) is 315 Å². The number of rotatable bonds is 23. The fraction of sp³-hybridized carbons (Fsp3) is 0.500. The standard InChI is InChI=1S/C48H63N11O17P2Si/c1-12-19-63-25-26-67-57-46-53-40-35(42(55-46)65-21-14-3)51-30-59(40)44-38(76-79(10,11)48(7,8)9)37-33(73-44)28-71-78(62,69-24-17-18-49)74-36-31(6)43(72-32(36)27-70-77(61,75-37)68-23-16-5)58-29-50-34-39(58)52-45(54-41(34)64-20-13-2)56-47(60)66-22-15-4/h12-16,29-33,36-38,43-44H,1-5,17,19-24,27-28H2,6-11H3,(H,53,55,57)(H,52,54,56,60)/t31-,32+,33+,36?,37-,38?,43+,44+,77?,78?/m0/s1. The largest absolute Gasteiger partial charge is 0.475 e. The summed E-state index contributed by atoms with van der Waals surface area (Å²) in [7, 11) is -12.5. The highest BCUT2D eigenvalue weighted by Gasteiger charge is 2.57. The van der Waals surface area contributed by atoms with E-state index in [4.69, 9.17) is 64.8 Å². The molecular weight excluding hydrogens is 1090 g/mol. The zero-order valence-electron chi connectivity index (χ0n) is 44.4. The molecule has 28 nitrogen and oxygen atoms in total. The van der Waals surface area contributed by atoms with E-state index >= 15 is 9.13 Å². The minimum absolute atomic E-state index is 0.0136. The van der Waals surface area contributed by atoms with E-state index in [0.717, 1.165) is 0 Å². The van der Waals surface area contributed by atoms with Crippen LogP contribution in [0.15, 0.2) is 75.9 Å². The highest BCUT2D eigenvalue weighted by Crippen LogP contribution is 2.59. The summed E-state index contributed by atoms with van der Waals surface area (Å²) in [5.74, 6) is -1.16. The molecule has 10 atom stereocenters. The number of nitrogens with one attached hydrogen (secondary N) is 2. The number of ether oxygens (including phenoxy) is 6. The maximum absolute atomic E-state index is 15.4. The Labute approximate surface area is 456 Å². The molecule has 4 aromatic rings. The van der Waals surface area contributed by atoms with Crippen LogP contribution in [0, 0.1) is 29.5 Å². The van der Waals surface area contributed by atoms with Crippen LogP contribution in [-0.2, 0) is 64.5 Å².